The number of rotatable bonds is 5. The molecule has 28 heavy (non-hydrogen) atoms. The molecule has 0 unspecified atom stereocenters. The van der Waals surface area contributed by atoms with Gasteiger partial charge in [0.1, 0.15) is 24.6 Å². The largest absolute Gasteiger partial charge is 0.504 e. The molecule has 1 aromatic heterocycles. The highest BCUT2D eigenvalue weighted by Gasteiger charge is 2.08. The summed E-state index contributed by atoms with van der Waals surface area (Å²) in [5.74, 6) is 0.632. The van der Waals surface area contributed by atoms with Crippen LogP contribution in [0.2, 0.25) is 0 Å². The predicted molar refractivity (Wildman–Crippen MR) is 106 cm³/mol. The van der Waals surface area contributed by atoms with Crippen LogP contribution in [-0.4, -0.2) is 15.1 Å². The Labute approximate surface area is 161 Å². The molecule has 4 aromatic rings. The fourth-order valence-corrected chi connectivity index (χ4v) is 2.91. The number of fused-ring (bicyclic) bond motifs is 1. The van der Waals surface area contributed by atoms with Crippen molar-refractivity contribution in [2.75, 3.05) is 5.32 Å². The van der Waals surface area contributed by atoms with E-state index >= 15 is 0 Å². The summed E-state index contributed by atoms with van der Waals surface area (Å²) >= 11 is 0. The van der Waals surface area contributed by atoms with E-state index < -0.39 is 0 Å². The van der Waals surface area contributed by atoms with Gasteiger partial charge in [-0.25, -0.2) is 14.4 Å². The lowest BCUT2D eigenvalue weighted by Gasteiger charge is -2.12. The molecule has 0 fully saturated rings. The maximum Gasteiger partial charge on any atom is 0.161 e. The first kappa shape index (κ1) is 17.7. The van der Waals surface area contributed by atoms with E-state index in [0.29, 0.717) is 22.8 Å². The van der Waals surface area contributed by atoms with Crippen molar-refractivity contribution < 1.29 is 14.2 Å². The van der Waals surface area contributed by atoms with Gasteiger partial charge in [0.2, 0.25) is 0 Å². The summed E-state index contributed by atoms with van der Waals surface area (Å²) in [6.45, 7) is 2.17. The third kappa shape index (κ3) is 3.86. The third-order valence-corrected chi connectivity index (χ3v) is 4.30. The SMILES string of the molecule is Cc1ccc2ncnc(Nc3ccc(OCc4cccc(F)c4)c(O)c3)c2c1. The standard InChI is InChI=1S/C22H18FN3O2/c1-14-5-7-19-18(9-14)22(25-13-24-19)26-17-6-8-21(20(27)11-17)28-12-15-3-2-4-16(23)10-15/h2-11,13,27H,12H2,1H3,(H,24,25,26). The topological polar surface area (TPSA) is 67.3 Å². The second-order valence-corrected chi connectivity index (χ2v) is 6.47. The Balaban J connectivity index is 1.53. The monoisotopic (exact) mass is 375 g/mol. The number of aryl methyl sites for hydroxylation is 1. The van der Waals surface area contributed by atoms with E-state index in [1.54, 1.807) is 30.3 Å². The van der Waals surface area contributed by atoms with Crippen LogP contribution in [0.15, 0.2) is 67.0 Å². The zero-order valence-corrected chi connectivity index (χ0v) is 15.2. The quantitative estimate of drug-likeness (QED) is 0.508. The van der Waals surface area contributed by atoms with Gasteiger partial charge in [0.15, 0.2) is 11.5 Å². The molecule has 0 saturated carbocycles. The fourth-order valence-electron chi connectivity index (χ4n) is 2.91. The van der Waals surface area contributed by atoms with E-state index in [-0.39, 0.29) is 18.2 Å². The number of benzene rings is 3. The number of nitrogens with zero attached hydrogens (tertiary/aromatic N) is 2. The number of hydrogen-bond donors (Lipinski definition) is 2. The summed E-state index contributed by atoms with van der Waals surface area (Å²) < 4.78 is 18.8. The summed E-state index contributed by atoms with van der Waals surface area (Å²) in [5.41, 5.74) is 3.29. The molecule has 0 aliphatic heterocycles. The number of aromatic hydroxyl groups is 1. The van der Waals surface area contributed by atoms with Crippen molar-refractivity contribution in [3.63, 3.8) is 0 Å². The number of ether oxygens (including phenoxy) is 1. The van der Waals surface area contributed by atoms with Crippen LogP contribution in [0.4, 0.5) is 15.9 Å². The van der Waals surface area contributed by atoms with Gasteiger partial charge in [-0.3, -0.25) is 0 Å². The van der Waals surface area contributed by atoms with Crippen LogP contribution < -0.4 is 10.1 Å². The number of phenolic OH excluding ortho intramolecular Hbond substituents is 1. The maximum atomic E-state index is 13.2. The Morgan fingerprint density at radius 2 is 1.93 bits per heavy atom. The molecule has 5 nitrogen and oxygen atoms in total. The van der Waals surface area contributed by atoms with Crippen LogP contribution in [0.3, 0.4) is 0 Å². The predicted octanol–water partition coefficient (Wildman–Crippen LogP) is 5.11. The van der Waals surface area contributed by atoms with E-state index in [1.165, 1.54) is 18.5 Å². The molecule has 140 valence electrons. The molecule has 0 radical (unpaired) electrons. The van der Waals surface area contributed by atoms with Crippen LogP contribution in [0, 0.1) is 12.7 Å². The summed E-state index contributed by atoms with van der Waals surface area (Å²) in [6.07, 6.45) is 1.50. The fraction of sp³-hybridized carbons (Fsp3) is 0.0909. The molecule has 0 amide bonds. The van der Waals surface area contributed by atoms with Crippen molar-refractivity contribution in [2.45, 2.75) is 13.5 Å². The molecule has 6 heteroatoms. The Morgan fingerprint density at radius 1 is 1.04 bits per heavy atom. The molecule has 2 N–H and O–H groups in total. The Hall–Kier alpha value is -3.67. The van der Waals surface area contributed by atoms with Crippen LogP contribution >= 0.6 is 0 Å². The van der Waals surface area contributed by atoms with Crippen LogP contribution in [0.25, 0.3) is 10.9 Å². The molecule has 0 bridgehead atoms. The Morgan fingerprint density at radius 3 is 2.75 bits per heavy atom. The molecule has 0 aliphatic rings. The number of nitrogens with one attached hydrogen (secondary N) is 1. The molecule has 0 aliphatic carbocycles. The normalized spacial score (nSPS) is 10.8. The smallest absolute Gasteiger partial charge is 0.161 e. The molecule has 4 rings (SSSR count). The molecule has 3 aromatic carbocycles. The van der Waals surface area contributed by atoms with Gasteiger partial charge in [0.05, 0.1) is 5.52 Å². The highest BCUT2D eigenvalue weighted by atomic mass is 19.1. The van der Waals surface area contributed by atoms with Gasteiger partial charge in [0.25, 0.3) is 0 Å². The Bertz CT molecular complexity index is 1150. The molecule has 0 atom stereocenters. The highest BCUT2D eigenvalue weighted by molar-refractivity contribution is 5.91. The average Bonchev–Trinajstić information content (AvgIpc) is 2.68. The van der Waals surface area contributed by atoms with Crippen LogP contribution in [0.5, 0.6) is 11.5 Å². The molecule has 0 saturated heterocycles. The van der Waals surface area contributed by atoms with Crippen LogP contribution in [0.1, 0.15) is 11.1 Å². The van der Waals surface area contributed by atoms with E-state index in [0.717, 1.165) is 16.5 Å². The second-order valence-electron chi connectivity index (χ2n) is 6.47. The van der Waals surface area contributed by atoms with Crippen molar-refractivity contribution >= 4 is 22.4 Å². The van der Waals surface area contributed by atoms with Crippen molar-refractivity contribution in [3.05, 3.63) is 83.9 Å². The lowest BCUT2D eigenvalue weighted by atomic mass is 10.1. The summed E-state index contributed by atoms with van der Waals surface area (Å²) in [5, 5.41) is 14.4. The van der Waals surface area contributed by atoms with Gasteiger partial charge in [-0.05, 0) is 48.9 Å². The zero-order chi connectivity index (χ0) is 19.5. The summed E-state index contributed by atoms with van der Waals surface area (Å²) in [6, 6.07) is 17.1. The van der Waals surface area contributed by atoms with Gasteiger partial charge in [-0.1, -0.05) is 23.8 Å². The van der Waals surface area contributed by atoms with Gasteiger partial charge in [0, 0.05) is 17.1 Å². The Kier molecular flexibility index (Phi) is 4.76. The minimum atomic E-state index is -0.322. The minimum Gasteiger partial charge on any atom is -0.504 e. The number of hydrogen-bond acceptors (Lipinski definition) is 5. The van der Waals surface area contributed by atoms with Gasteiger partial charge < -0.3 is 15.2 Å². The molecule has 1 heterocycles. The van der Waals surface area contributed by atoms with Crippen molar-refractivity contribution in [1.82, 2.24) is 9.97 Å². The first-order valence-corrected chi connectivity index (χ1v) is 8.77. The maximum absolute atomic E-state index is 13.2. The second kappa shape index (κ2) is 7.52. The molecular weight excluding hydrogens is 357 g/mol. The molecular formula is C22H18FN3O2. The van der Waals surface area contributed by atoms with Crippen LogP contribution in [-0.2, 0) is 6.61 Å². The van der Waals surface area contributed by atoms with Gasteiger partial charge >= 0.3 is 0 Å². The number of halogens is 1. The van der Waals surface area contributed by atoms with Crippen molar-refractivity contribution in [3.8, 4) is 11.5 Å². The summed E-state index contributed by atoms with van der Waals surface area (Å²) in [4.78, 5) is 8.58. The lowest BCUT2D eigenvalue weighted by molar-refractivity contribution is 0.288. The molecule has 0 spiro atoms. The van der Waals surface area contributed by atoms with E-state index in [1.807, 2.05) is 25.1 Å². The number of anilines is 2. The van der Waals surface area contributed by atoms with E-state index in [4.69, 9.17) is 4.74 Å². The third-order valence-electron chi connectivity index (χ3n) is 4.30. The van der Waals surface area contributed by atoms with Gasteiger partial charge in [-0.15, -0.1) is 0 Å². The highest BCUT2D eigenvalue weighted by Crippen LogP contribution is 2.32. The first-order chi connectivity index (χ1) is 13.6. The van der Waals surface area contributed by atoms with E-state index in [2.05, 4.69) is 15.3 Å². The van der Waals surface area contributed by atoms with Crippen molar-refractivity contribution in [1.29, 1.82) is 0 Å². The first-order valence-electron chi connectivity index (χ1n) is 8.77. The number of phenols is 1. The van der Waals surface area contributed by atoms with Gasteiger partial charge in [-0.2, -0.15) is 0 Å². The zero-order valence-electron chi connectivity index (χ0n) is 15.2. The van der Waals surface area contributed by atoms with Crippen molar-refractivity contribution in [2.24, 2.45) is 0 Å². The number of aromatic nitrogens is 2. The average molecular weight is 375 g/mol. The van der Waals surface area contributed by atoms with E-state index in [9.17, 15) is 9.50 Å². The minimum absolute atomic E-state index is 0.0176. The lowest BCUT2D eigenvalue weighted by Crippen LogP contribution is -1.98. The summed E-state index contributed by atoms with van der Waals surface area (Å²) in [7, 11) is 0.